The molecular formula is C10H22N4O. The highest BCUT2D eigenvalue weighted by atomic mass is 16.5. The van der Waals surface area contributed by atoms with Crippen LogP contribution in [0, 0.1) is 5.92 Å². The van der Waals surface area contributed by atoms with Gasteiger partial charge in [-0.3, -0.25) is 9.89 Å². The standard InChI is InChI=1S/C10H22N4O/c1-9(7-13-10(11)12-2)8-14-3-5-15-6-4-14/h9H,3-8H2,1-2H3,(H3,11,12,13). The lowest BCUT2D eigenvalue weighted by molar-refractivity contribution is 0.0320. The third-order valence-electron chi connectivity index (χ3n) is 2.55. The van der Waals surface area contributed by atoms with Crippen molar-refractivity contribution in [3.63, 3.8) is 0 Å². The van der Waals surface area contributed by atoms with E-state index in [1.807, 2.05) is 0 Å². The Kier molecular flexibility index (Phi) is 5.42. The molecule has 1 fully saturated rings. The fourth-order valence-electron chi connectivity index (χ4n) is 1.65. The second-order valence-electron chi connectivity index (χ2n) is 4.01. The summed E-state index contributed by atoms with van der Waals surface area (Å²) in [4.78, 5) is 6.28. The first-order chi connectivity index (χ1) is 7.22. The van der Waals surface area contributed by atoms with Gasteiger partial charge in [0.05, 0.1) is 13.2 Å². The number of hydrogen-bond donors (Lipinski definition) is 2. The molecule has 1 aliphatic heterocycles. The maximum Gasteiger partial charge on any atom is 0.188 e. The summed E-state index contributed by atoms with van der Waals surface area (Å²) in [6.07, 6.45) is 0. The van der Waals surface area contributed by atoms with Gasteiger partial charge in [-0.05, 0) is 5.92 Å². The summed E-state index contributed by atoms with van der Waals surface area (Å²) in [5, 5.41) is 3.09. The third-order valence-corrected chi connectivity index (χ3v) is 2.55. The summed E-state index contributed by atoms with van der Waals surface area (Å²) in [7, 11) is 1.69. The van der Waals surface area contributed by atoms with Crippen molar-refractivity contribution in [2.45, 2.75) is 6.92 Å². The highest BCUT2D eigenvalue weighted by molar-refractivity contribution is 5.77. The second kappa shape index (κ2) is 6.63. The Morgan fingerprint density at radius 3 is 2.80 bits per heavy atom. The molecule has 5 nitrogen and oxygen atoms in total. The summed E-state index contributed by atoms with van der Waals surface area (Å²) in [5.74, 6) is 1.09. The van der Waals surface area contributed by atoms with Gasteiger partial charge in [0.15, 0.2) is 5.96 Å². The third kappa shape index (κ3) is 4.99. The first kappa shape index (κ1) is 12.3. The molecule has 0 spiro atoms. The Morgan fingerprint density at radius 1 is 1.53 bits per heavy atom. The zero-order valence-electron chi connectivity index (χ0n) is 9.70. The number of morpholine rings is 1. The SMILES string of the molecule is CN=C(N)NCC(C)CN1CCOCC1. The molecule has 0 aliphatic carbocycles. The van der Waals surface area contributed by atoms with Crippen LogP contribution >= 0.6 is 0 Å². The smallest absolute Gasteiger partial charge is 0.188 e. The molecule has 15 heavy (non-hydrogen) atoms. The molecule has 1 heterocycles. The number of nitrogens with two attached hydrogens (primary N) is 1. The molecule has 0 radical (unpaired) electrons. The van der Waals surface area contributed by atoms with E-state index < -0.39 is 0 Å². The lowest BCUT2D eigenvalue weighted by Gasteiger charge is -2.29. The van der Waals surface area contributed by atoms with Gasteiger partial charge in [-0.2, -0.15) is 0 Å². The molecular weight excluding hydrogens is 192 g/mol. The van der Waals surface area contributed by atoms with Gasteiger partial charge < -0.3 is 15.8 Å². The minimum Gasteiger partial charge on any atom is -0.379 e. The molecule has 88 valence electrons. The summed E-state index contributed by atoms with van der Waals surface area (Å²) in [6.45, 7) is 7.99. The first-order valence-corrected chi connectivity index (χ1v) is 5.48. The number of hydrogen-bond acceptors (Lipinski definition) is 3. The molecule has 1 saturated heterocycles. The minimum absolute atomic E-state index is 0.517. The average molecular weight is 214 g/mol. The van der Waals surface area contributed by atoms with Crippen LogP contribution < -0.4 is 11.1 Å². The van der Waals surface area contributed by atoms with E-state index in [1.165, 1.54) is 0 Å². The van der Waals surface area contributed by atoms with Crippen LogP contribution in [0.2, 0.25) is 0 Å². The van der Waals surface area contributed by atoms with E-state index in [9.17, 15) is 0 Å². The van der Waals surface area contributed by atoms with Crippen LogP contribution in [0.3, 0.4) is 0 Å². The largest absolute Gasteiger partial charge is 0.379 e. The quantitative estimate of drug-likeness (QED) is 0.489. The fraction of sp³-hybridized carbons (Fsp3) is 0.900. The van der Waals surface area contributed by atoms with Gasteiger partial charge in [0.25, 0.3) is 0 Å². The highest BCUT2D eigenvalue weighted by Gasteiger charge is 2.13. The molecule has 1 unspecified atom stereocenters. The van der Waals surface area contributed by atoms with Crippen LogP contribution in [0.25, 0.3) is 0 Å². The molecule has 0 aromatic heterocycles. The lowest BCUT2D eigenvalue weighted by Crippen LogP contribution is -2.42. The Morgan fingerprint density at radius 2 is 2.20 bits per heavy atom. The number of nitrogens with one attached hydrogen (secondary N) is 1. The zero-order valence-corrected chi connectivity index (χ0v) is 9.70. The van der Waals surface area contributed by atoms with Gasteiger partial charge in [0.1, 0.15) is 0 Å². The molecule has 1 aliphatic rings. The molecule has 0 saturated carbocycles. The molecule has 3 N–H and O–H groups in total. The van der Waals surface area contributed by atoms with E-state index in [4.69, 9.17) is 10.5 Å². The summed E-state index contributed by atoms with van der Waals surface area (Å²) < 4.78 is 5.30. The number of nitrogens with zero attached hydrogens (tertiary/aromatic N) is 2. The van der Waals surface area contributed by atoms with Crippen molar-refractivity contribution >= 4 is 5.96 Å². The van der Waals surface area contributed by atoms with Crippen LogP contribution in [0.15, 0.2) is 4.99 Å². The van der Waals surface area contributed by atoms with Gasteiger partial charge in [0.2, 0.25) is 0 Å². The van der Waals surface area contributed by atoms with E-state index in [2.05, 4.69) is 22.1 Å². The lowest BCUT2D eigenvalue weighted by atomic mass is 10.1. The molecule has 1 atom stereocenters. The first-order valence-electron chi connectivity index (χ1n) is 5.48. The molecule has 5 heteroatoms. The van der Waals surface area contributed by atoms with Gasteiger partial charge in [-0.25, -0.2) is 0 Å². The van der Waals surface area contributed by atoms with E-state index in [0.29, 0.717) is 11.9 Å². The minimum atomic E-state index is 0.517. The van der Waals surface area contributed by atoms with E-state index in [-0.39, 0.29) is 0 Å². The van der Waals surface area contributed by atoms with Gasteiger partial charge in [-0.1, -0.05) is 6.92 Å². The molecule has 0 aromatic rings. The van der Waals surface area contributed by atoms with E-state index in [0.717, 1.165) is 39.4 Å². The molecule has 0 aromatic carbocycles. The number of guanidine groups is 1. The molecule has 0 amide bonds. The Bertz CT molecular complexity index is 202. The normalized spacial score (nSPS) is 21.3. The van der Waals surface area contributed by atoms with Crippen molar-refractivity contribution in [3.05, 3.63) is 0 Å². The zero-order chi connectivity index (χ0) is 11.1. The summed E-state index contributed by atoms with van der Waals surface area (Å²) >= 11 is 0. The Labute approximate surface area is 91.7 Å². The van der Waals surface area contributed by atoms with Crippen LogP contribution in [0.1, 0.15) is 6.92 Å². The van der Waals surface area contributed by atoms with Crippen LogP contribution in [0.4, 0.5) is 0 Å². The van der Waals surface area contributed by atoms with E-state index in [1.54, 1.807) is 7.05 Å². The topological polar surface area (TPSA) is 62.9 Å². The van der Waals surface area contributed by atoms with Crippen LogP contribution in [-0.2, 0) is 4.74 Å². The predicted molar refractivity (Wildman–Crippen MR) is 62.0 cm³/mol. The maximum atomic E-state index is 5.56. The number of ether oxygens (including phenoxy) is 1. The number of aliphatic imine (C=N–C) groups is 1. The van der Waals surface area contributed by atoms with Crippen LogP contribution in [-0.4, -0.2) is 57.3 Å². The maximum absolute atomic E-state index is 5.56. The fourth-order valence-corrected chi connectivity index (χ4v) is 1.65. The van der Waals surface area contributed by atoms with Crippen molar-refractivity contribution in [2.75, 3.05) is 46.4 Å². The van der Waals surface area contributed by atoms with Gasteiger partial charge >= 0.3 is 0 Å². The van der Waals surface area contributed by atoms with Crippen molar-refractivity contribution in [2.24, 2.45) is 16.6 Å². The monoisotopic (exact) mass is 214 g/mol. The molecule has 1 rings (SSSR count). The van der Waals surface area contributed by atoms with Crippen molar-refractivity contribution in [3.8, 4) is 0 Å². The predicted octanol–water partition coefficient (Wildman–Crippen LogP) is -0.511. The Hall–Kier alpha value is -0.810. The van der Waals surface area contributed by atoms with Crippen molar-refractivity contribution < 1.29 is 4.74 Å². The Balaban J connectivity index is 2.14. The summed E-state index contributed by atoms with van der Waals surface area (Å²) in [5.41, 5.74) is 5.56. The number of rotatable bonds is 4. The van der Waals surface area contributed by atoms with Gasteiger partial charge in [-0.15, -0.1) is 0 Å². The highest BCUT2D eigenvalue weighted by Crippen LogP contribution is 2.02. The van der Waals surface area contributed by atoms with E-state index >= 15 is 0 Å². The average Bonchev–Trinajstić information content (AvgIpc) is 2.27. The van der Waals surface area contributed by atoms with Crippen molar-refractivity contribution in [1.82, 2.24) is 10.2 Å². The van der Waals surface area contributed by atoms with Crippen molar-refractivity contribution in [1.29, 1.82) is 0 Å². The van der Waals surface area contributed by atoms with Gasteiger partial charge in [0, 0.05) is 33.2 Å². The van der Waals surface area contributed by atoms with Crippen LogP contribution in [0.5, 0.6) is 0 Å². The summed E-state index contributed by atoms with van der Waals surface area (Å²) in [6, 6.07) is 0. The second-order valence-corrected chi connectivity index (χ2v) is 4.01. The molecule has 0 bridgehead atoms.